The van der Waals surface area contributed by atoms with Gasteiger partial charge in [0.2, 0.25) is 0 Å². The van der Waals surface area contributed by atoms with Gasteiger partial charge in [0.1, 0.15) is 0 Å². The first-order valence-corrected chi connectivity index (χ1v) is 8.49. The molecule has 3 aromatic heterocycles. The van der Waals surface area contributed by atoms with Gasteiger partial charge in [0, 0.05) is 6.54 Å². The first kappa shape index (κ1) is 12.9. The zero-order valence-electron chi connectivity index (χ0n) is 11.0. The Morgan fingerprint density at radius 1 is 1.21 bits per heavy atom. The molecule has 0 amide bonds. The van der Waals surface area contributed by atoms with Gasteiger partial charge in [-0.05, 0) is 23.9 Å². The normalized spacial score (nSPS) is 11.6. The average molecular weight is 291 g/mol. The molecule has 0 saturated carbocycles. The van der Waals surface area contributed by atoms with E-state index in [1.165, 1.54) is 46.1 Å². The number of fused-ring (bicyclic) bond motifs is 3. The van der Waals surface area contributed by atoms with Gasteiger partial charge in [0.25, 0.3) is 0 Å². The second-order valence-electron chi connectivity index (χ2n) is 4.83. The van der Waals surface area contributed by atoms with E-state index in [2.05, 4.69) is 22.9 Å². The minimum absolute atomic E-state index is 0.836. The Kier molecular flexibility index (Phi) is 3.71. The molecule has 0 fully saturated rings. The molecule has 0 radical (unpaired) electrons. The number of aromatic nitrogens is 1. The Morgan fingerprint density at radius 3 is 2.89 bits per heavy atom. The van der Waals surface area contributed by atoms with E-state index in [0.717, 1.165) is 17.7 Å². The topological polar surface area (TPSA) is 22.0 Å². The summed E-state index contributed by atoms with van der Waals surface area (Å²) < 4.78 is 5.01. The molecular weight excluding hydrogens is 274 g/mol. The van der Waals surface area contributed by atoms with Gasteiger partial charge in [-0.3, -0.25) is 4.79 Å². The van der Waals surface area contributed by atoms with E-state index < -0.39 is 0 Å². The lowest BCUT2D eigenvalue weighted by Gasteiger charge is -2.05. The van der Waals surface area contributed by atoms with Gasteiger partial charge < -0.3 is 4.57 Å². The lowest BCUT2D eigenvalue weighted by molar-refractivity contribution is 0.112. The number of aldehydes is 1. The van der Waals surface area contributed by atoms with E-state index in [-0.39, 0.29) is 0 Å². The molecule has 0 N–H and O–H groups in total. The van der Waals surface area contributed by atoms with Crippen LogP contribution in [0, 0.1) is 0 Å². The largest absolute Gasteiger partial charge is 0.339 e. The summed E-state index contributed by atoms with van der Waals surface area (Å²) in [5.41, 5.74) is 2.57. The molecule has 100 valence electrons. The average Bonchev–Trinajstić information content (AvgIpc) is 3.08. The maximum atomic E-state index is 11.0. The molecule has 0 bridgehead atoms. The van der Waals surface area contributed by atoms with E-state index in [1.807, 2.05) is 6.07 Å². The van der Waals surface area contributed by atoms with Crippen molar-refractivity contribution in [3.05, 3.63) is 22.4 Å². The monoisotopic (exact) mass is 291 g/mol. The summed E-state index contributed by atoms with van der Waals surface area (Å²) >= 11 is 3.40. The predicted molar refractivity (Wildman–Crippen MR) is 84.7 cm³/mol. The molecule has 0 aliphatic carbocycles. The smallest absolute Gasteiger partial charge is 0.160 e. The Bertz CT molecular complexity index is 704. The fourth-order valence-corrected chi connectivity index (χ4v) is 4.61. The van der Waals surface area contributed by atoms with Crippen LogP contribution < -0.4 is 0 Å². The van der Waals surface area contributed by atoms with Crippen molar-refractivity contribution in [3.8, 4) is 0 Å². The summed E-state index contributed by atoms with van der Waals surface area (Å²) in [6.07, 6.45) is 6.04. The highest BCUT2D eigenvalue weighted by Crippen LogP contribution is 2.38. The number of unbranched alkanes of at least 4 members (excludes halogenated alkanes) is 3. The first-order valence-electron chi connectivity index (χ1n) is 6.79. The maximum absolute atomic E-state index is 11.0. The fraction of sp³-hybridized carbons (Fsp3) is 0.400. The van der Waals surface area contributed by atoms with E-state index in [4.69, 9.17) is 0 Å². The summed E-state index contributed by atoms with van der Waals surface area (Å²) in [4.78, 5) is 11.8. The van der Waals surface area contributed by atoms with E-state index >= 15 is 0 Å². The second kappa shape index (κ2) is 5.47. The fourth-order valence-electron chi connectivity index (χ4n) is 2.57. The molecule has 3 rings (SSSR count). The van der Waals surface area contributed by atoms with Crippen LogP contribution in [0.25, 0.3) is 20.4 Å². The lowest BCUT2D eigenvalue weighted by atomic mass is 10.2. The van der Waals surface area contributed by atoms with Crippen LogP contribution >= 0.6 is 22.7 Å². The van der Waals surface area contributed by atoms with Crippen LogP contribution in [0.3, 0.4) is 0 Å². The van der Waals surface area contributed by atoms with Crippen LogP contribution in [0.15, 0.2) is 17.5 Å². The van der Waals surface area contributed by atoms with Crippen LogP contribution in [0.2, 0.25) is 0 Å². The van der Waals surface area contributed by atoms with Gasteiger partial charge >= 0.3 is 0 Å². The van der Waals surface area contributed by atoms with E-state index in [1.54, 1.807) is 22.7 Å². The van der Waals surface area contributed by atoms with Crippen molar-refractivity contribution < 1.29 is 4.79 Å². The molecule has 3 heterocycles. The minimum atomic E-state index is 0.836. The van der Waals surface area contributed by atoms with Crippen molar-refractivity contribution in [3.63, 3.8) is 0 Å². The summed E-state index contributed by atoms with van der Waals surface area (Å²) in [6.45, 7) is 3.30. The maximum Gasteiger partial charge on any atom is 0.160 e. The predicted octanol–water partition coefficient (Wildman–Crippen LogP) is 5.31. The Morgan fingerprint density at radius 2 is 2.11 bits per heavy atom. The Labute approximate surface area is 120 Å². The molecule has 3 aromatic rings. The molecule has 19 heavy (non-hydrogen) atoms. The summed E-state index contributed by atoms with van der Waals surface area (Å²) in [6, 6.07) is 4.24. The minimum Gasteiger partial charge on any atom is -0.339 e. The van der Waals surface area contributed by atoms with Gasteiger partial charge in [-0.1, -0.05) is 26.2 Å². The first-order chi connectivity index (χ1) is 9.35. The third kappa shape index (κ3) is 2.23. The molecule has 0 atom stereocenters. The lowest BCUT2D eigenvalue weighted by Crippen LogP contribution is -1.96. The molecule has 0 aliphatic heterocycles. The van der Waals surface area contributed by atoms with Crippen molar-refractivity contribution in [2.75, 3.05) is 0 Å². The molecular formula is C15H17NOS2. The van der Waals surface area contributed by atoms with Gasteiger partial charge in [-0.15, -0.1) is 22.7 Å². The van der Waals surface area contributed by atoms with Gasteiger partial charge in [0.15, 0.2) is 6.29 Å². The summed E-state index contributed by atoms with van der Waals surface area (Å²) in [5.74, 6) is 0. The molecule has 0 aliphatic rings. The number of carbonyl (C=O) groups is 1. The number of hydrogen-bond donors (Lipinski definition) is 0. The summed E-state index contributed by atoms with van der Waals surface area (Å²) in [7, 11) is 0. The Hall–Kier alpha value is -1.13. The third-order valence-electron chi connectivity index (χ3n) is 3.52. The molecule has 0 saturated heterocycles. The SMILES string of the molecule is CCCCCCn1c2ccsc2c2sc(C=O)cc21. The molecule has 0 unspecified atom stereocenters. The van der Waals surface area contributed by atoms with Crippen molar-refractivity contribution >= 4 is 49.4 Å². The second-order valence-corrected chi connectivity index (χ2v) is 6.83. The van der Waals surface area contributed by atoms with Crippen molar-refractivity contribution in [1.29, 1.82) is 0 Å². The zero-order valence-corrected chi connectivity index (χ0v) is 12.6. The highest BCUT2D eigenvalue weighted by molar-refractivity contribution is 7.27. The number of rotatable bonds is 6. The van der Waals surface area contributed by atoms with Gasteiger partial charge in [0.05, 0.1) is 25.3 Å². The van der Waals surface area contributed by atoms with Crippen LogP contribution in [-0.2, 0) is 6.54 Å². The van der Waals surface area contributed by atoms with Crippen LogP contribution in [0.4, 0.5) is 0 Å². The number of thiophene rings is 2. The molecule has 2 nitrogen and oxygen atoms in total. The highest BCUT2D eigenvalue weighted by Gasteiger charge is 2.14. The standard InChI is InChI=1S/C15H17NOS2/c1-2-3-4-5-7-16-12-6-8-18-14(12)15-13(16)9-11(10-17)19-15/h6,8-10H,2-5,7H2,1H3. The third-order valence-corrected chi connectivity index (χ3v) is 5.63. The van der Waals surface area contributed by atoms with Crippen LogP contribution in [-0.4, -0.2) is 10.9 Å². The van der Waals surface area contributed by atoms with Gasteiger partial charge in [-0.25, -0.2) is 0 Å². The van der Waals surface area contributed by atoms with E-state index in [9.17, 15) is 4.79 Å². The van der Waals surface area contributed by atoms with Crippen LogP contribution in [0.1, 0.15) is 42.3 Å². The van der Waals surface area contributed by atoms with E-state index in [0.29, 0.717) is 0 Å². The number of aryl methyl sites for hydroxylation is 1. The molecule has 4 heteroatoms. The van der Waals surface area contributed by atoms with Gasteiger partial charge in [-0.2, -0.15) is 0 Å². The highest BCUT2D eigenvalue weighted by atomic mass is 32.1. The zero-order chi connectivity index (χ0) is 13.2. The molecule has 0 spiro atoms. The van der Waals surface area contributed by atoms with Crippen molar-refractivity contribution in [2.24, 2.45) is 0 Å². The molecule has 0 aromatic carbocycles. The Balaban J connectivity index is 1.99. The van der Waals surface area contributed by atoms with Crippen molar-refractivity contribution in [1.82, 2.24) is 4.57 Å². The number of hydrogen-bond acceptors (Lipinski definition) is 3. The van der Waals surface area contributed by atoms with Crippen LogP contribution in [0.5, 0.6) is 0 Å². The van der Waals surface area contributed by atoms with Crippen molar-refractivity contribution in [2.45, 2.75) is 39.2 Å². The number of carbonyl (C=O) groups excluding carboxylic acids is 1. The number of nitrogens with zero attached hydrogens (tertiary/aromatic N) is 1. The quantitative estimate of drug-likeness (QED) is 0.445. The summed E-state index contributed by atoms with van der Waals surface area (Å²) in [5, 5.41) is 2.15.